The number of pyridine rings is 1. The van der Waals surface area contributed by atoms with E-state index in [2.05, 4.69) is 10.3 Å². The van der Waals surface area contributed by atoms with Crippen LogP contribution in [0.1, 0.15) is 0 Å². The van der Waals surface area contributed by atoms with Gasteiger partial charge < -0.3 is 16.0 Å². The number of halogens is 1. The molecule has 2 N–H and O–H groups in total. The van der Waals surface area contributed by atoms with Gasteiger partial charge in [0.25, 0.3) is 0 Å². The monoisotopic (exact) mass is 218 g/mol. The highest BCUT2D eigenvalue weighted by Gasteiger charge is 1.97. The minimum absolute atomic E-state index is 0.330. The molecule has 0 atom stereocenters. The van der Waals surface area contributed by atoms with E-state index in [9.17, 15) is 9.60 Å². The summed E-state index contributed by atoms with van der Waals surface area (Å²) >= 11 is 0. The van der Waals surface area contributed by atoms with Crippen LogP contribution in [0, 0.1) is 11.0 Å². The summed E-state index contributed by atoms with van der Waals surface area (Å²) in [4.78, 5) is 4.00. The van der Waals surface area contributed by atoms with E-state index in [0.717, 1.165) is 0 Å². The molecule has 0 aliphatic rings. The summed E-state index contributed by atoms with van der Waals surface area (Å²) in [6, 6.07) is 9.09. The molecule has 0 saturated heterocycles. The zero-order valence-electron chi connectivity index (χ0n) is 8.27. The van der Waals surface area contributed by atoms with Gasteiger partial charge >= 0.3 is 0 Å². The third kappa shape index (κ3) is 2.46. The lowest BCUT2D eigenvalue weighted by atomic mass is 10.3. The average molecular weight is 218 g/mol. The van der Waals surface area contributed by atoms with Crippen molar-refractivity contribution >= 4 is 17.2 Å². The molecule has 0 radical (unpaired) electrons. The number of aromatic nitrogens is 1. The second kappa shape index (κ2) is 4.59. The summed E-state index contributed by atoms with van der Waals surface area (Å²) in [5, 5.41) is 13.3. The van der Waals surface area contributed by atoms with E-state index in [4.69, 9.17) is 0 Å². The Balaban J connectivity index is 2.20. The SMILES string of the molecule is [O-]Nc1ccnc(Nc2cccc(F)c2)c1. The van der Waals surface area contributed by atoms with Crippen molar-refractivity contribution in [2.24, 2.45) is 0 Å². The predicted molar refractivity (Wildman–Crippen MR) is 60.9 cm³/mol. The van der Waals surface area contributed by atoms with Crippen LogP contribution in [0.3, 0.4) is 0 Å². The van der Waals surface area contributed by atoms with Crippen molar-refractivity contribution in [2.45, 2.75) is 0 Å². The van der Waals surface area contributed by atoms with Crippen LogP contribution in [0.2, 0.25) is 0 Å². The first-order valence-electron chi connectivity index (χ1n) is 4.65. The molecule has 0 bridgehead atoms. The maximum absolute atomic E-state index is 12.9. The number of rotatable bonds is 3. The minimum Gasteiger partial charge on any atom is -0.761 e. The number of anilines is 3. The van der Waals surface area contributed by atoms with E-state index in [1.807, 2.05) is 0 Å². The first kappa shape index (κ1) is 10.4. The number of hydrogen-bond acceptors (Lipinski definition) is 4. The molecule has 0 saturated carbocycles. The molecule has 1 aromatic heterocycles. The average Bonchev–Trinajstić information content (AvgIpc) is 2.29. The van der Waals surface area contributed by atoms with Gasteiger partial charge in [-0.1, -0.05) is 6.07 Å². The Hall–Kier alpha value is -2.14. The summed E-state index contributed by atoms with van der Waals surface area (Å²) in [6.07, 6.45) is 1.49. The molecule has 5 heteroatoms. The third-order valence-electron chi connectivity index (χ3n) is 1.97. The van der Waals surface area contributed by atoms with Crippen LogP contribution >= 0.6 is 0 Å². The topological polar surface area (TPSA) is 60.0 Å². The highest BCUT2D eigenvalue weighted by molar-refractivity contribution is 5.60. The molecule has 1 aromatic carbocycles. The summed E-state index contributed by atoms with van der Waals surface area (Å²) in [6.45, 7) is 0. The van der Waals surface area contributed by atoms with Gasteiger partial charge in [0.2, 0.25) is 0 Å². The number of nitrogens with one attached hydrogen (secondary N) is 2. The van der Waals surface area contributed by atoms with Crippen molar-refractivity contribution in [3.8, 4) is 0 Å². The Morgan fingerprint density at radius 1 is 1.12 bits per heavy atom. The molecule has 2 rings (SSSR count). The molecule has 0 aliphatic carbocycles. The van der Waals surface area contributed by atoms with E-state index in [1.54, 1.807) is 23.7 Å². The standard InChI is InChI=1S/C11H9FN3O/c12-8-2-1-3-9(6-8)14-11-7-10(15-16)4-5-13-11/h1-7H,(H2-,13,14,15,16)/q-1. The molecule has 16 heavy (non-hydrogen) atoms. The largest absolute Gasteiger partial charge is 0.761 e. The molecule has 0 spiro atoms. The van der Waals surface area contributed by atoms with E-state index < -0.39 is 0 Å². The van der Waals surface area contributed by atoms with Crippen molar-refractivity contribution in [3.05, 3.63) is 53.6 Å². The van der Waals surface area contributed by atoms with Crippen molar-refractivity contribution < 1.29 is 4.39 Å². The Bertz CT molecular complexity index is 490. The maximum Gasteiger partial charge on any atom is 0.132 e. The molecule has 0 aliphatic heterocycles. The highest BCUT2D eigenvalue weighted by atomic mass is 19.1. The zero-order chi connectivity index (χ0) is 11.4. The van der Waals surface area contributed by atoms with Crippen LogP contribution < -0.4 is 10.8 Å². The van der Waals surface area contributed by atoms with Gasteiger partial charge in [-0.3, -0.25) is 0 Å². The van der Waals surface area contributed by atoms with Crippen LogP contribution in [0.25, 0.3) is 0 Å². The molecule has 1 heterocycles. The summed E-state index contributed by atoms with van der Waals surface area (Å²) in [7, 11) is 0. The van der Waals surface area contributed by atoms with Crippen LogP contribution in [0.15, 0.2) is 42.6 Å². The lowest BCUT2D eigenvalue weighted by Gasteiger charge is -2.11. The number of hydrogen-bond donors (Lipinski definition) is 2. The van der Waals surface area contributed by atoms with E-state index >= 15 is 0 Å². The van der Waals surface area contributed by atoms with Gasteiger partial charge in [0.05, 0.1) is 0 Å². The molecule has 4 nitrogen and oxygen atoms in total. The molecule has 0 fully saturated rings. The Morgan fingerprint density at radius 2 is 2.00 bits per heavy atom. The number of benzene rings is 1. The van der Waals surface area contributed by atoms with Gasteiger partial charge in [-0.05, 0) is 24.3 Å². The van der Waals surface area contributed by atoms with E-state index in [1.165, 1.54) is 24.4 Å². The van der Waals surface area contributed by atoms with Crippen LogP contribution in [-0.2, 0) is 0 Å². The van der Waals surface area contributed by atoms with Gasteiger partial charge in [0.1, 0.15) is 11.6 Å². The Morgan fingerprint density at radius 3 is 2.75 bits per heavy atom. The van der Waals surface area contributed by atoms with Crippen molar-refractivity contribution in [1.82, 2.24) is 4.98 Å². The fourth-order valence-corrected chi connectivity index (χ4v) is 1.28. The fraction of sp³-hybridized carbons (Fsp3) is 0. The third-order valence-corrected chi connectivity index (χ3v) is 1.97. The van der Waals surface area contributed by atoms with Crippen LogP contribution in [-0.4, -0.2) is 4.98 Å². The molecular weight excluding hydrogens is 209 g/mol. The molecule has 2 aromatic rings. The van der Waals surface area contributed by atoms with Crippen LogP contribution in [0.4, 0.5) is 21.6 Å². The van der Waals surface area contributed by atoms with Crippen molar-refractivity contribution in [1.29, 1.82) is 0 Å². The van der Waals surface area contributed by atoms with Gasteiger partial charge in [-0.15, -0.1) is 0 Å². The molecule has 82 valence electrons. The normalized spacial score (nSPS) is 9.88. The number of nitrogens with zero attached hydrogens (tertiary/aromatic N) is 1. The van der Waals surface area contributed by atoms with Gasteiger partial charge in [-0.2, -0.15) is 0 Å². The molecule has 0 amide bonds. The summed E-state index contributed by atoms with van der Waals surface area (Å²) in [5.74, 6) is 0.148. The summed E-state index contributed by atoms with van der Waals surface area (Å²) < 4.78 is 12.9. The predicted octanol–water partition coefficient (Wildman–Crippen LogP) is 2.87. The second-order valence-corrected chi connectivity index (χ2v) is 3.17. The van der Waals surface area contributed by atoms with Crippen LogP contribution in [0.5, 0.6) is 0 Å². The molecule has 0 unspecified atom stereocenters. The zero-order valence-corrected chi connectivity index (χ0v) is 8.27. The smallest absolute Gasteiger partial charge is 0.132 e. The lowest BCUT2D eigenvalue weighted by Crippen LogP contribution is -1.95. The Labute approximate surface area is 91.7 Å². The van der Waals surface area contributed by atoms with E-state index in [0.29, 0.717) is 17.2 Å². The second-order valence-electron chi connectivity index (χ2n) is 3.17. The minimum atomic E-state index is -0.330. The quantitative estimate of drug-likeness (QED) is 0.777. The van der Waals surface area contributed by atoms with E-state index in [-0.39, 0.29) is 5.82 Å². The first-order valence-corrected chi connectivity index (χ1v) is 4.65. The summed E-state index contributed by atoms with van der Waals surface area (Å²) in [5.41, 5.74) is 2.74. The van der Waals surface area contributed by atoms with Gasteiger partial charge in [0, 0.05) is 23.6 Å². The molecular formula is C11H9FN3O-. The first-order chi connectivity index (χ1) is 7.78. The van der Waals surface area contributed by atoms with Gasteiger partial charge in [0.15, 0.2) is 0 Å². The van der Waals surface area contributed by atoms with Crippen molar-refractivity contribution in [3.63, 3.8) is 0 Å². The fourth-order valence-electron chi connectivity index (χ4n) is 1.28. The highest BCUT2D eigenvalue weighted by Crippen LogP contribution is 2.17. The van der Waals surface area contributed by atoms with Crippen molar-refractivity contribution in [2.75, 3.05) is 10.8 Å². The maximum atomic E-state index is 12.9. The Kier molecular flexibility index (Phi) is 2.98. The van der Waals surface area contributed by atoms with Gasteiger partial charge in [-0.25, -0.2) is 9.37 Å². The lowest BCUT2D eigenvalue weighted by molar-refractivity contribution is 0.628.